The van der Waals surface area contributed by atoms with Crippen molar-refractivity contribution in [3.63, 3.8) is 0 Å². The van der Waals surface area contributed by atoms with Crippen LogP contribution in [0.4, 0.5) is 14.5 Å². The molecule has 0 aliphatic heterocycles. The number of carbonyl (C=O) groups is 3. The van der Waals surface area contributed by atoms with Gasteiger partial charge in [-0.15, -0.1) is 0 Å². The molecule has 0 fully saturated rings. The Kier molecular flexibility index (Phi) is 6.25. The zero-order chi connectivity index (χ0) is 22.5. The number of amides is 3. The van der Waals surface area contributed by atoms with Gasteiger partial charge in [0, 0.05) is 35.5 Å². The fraction of sp³-hybridized carbons (Fsp3) is 0.0455. The molecule has 158 valence electrons. The molecule has 0 aliphatic rings. The van der Waals surface area contributed by atoms with Gasteiger partial charge in [0.15, 0.2) is 0 Å². The van der Waals surface area contributed by atoms with Gasteiger partial charge in [0.1, 0.15) is 17.4 Å². The maximum absolute atomic E-state index is 13.3. The van der Waals surface area contributed by atoms with E-state index in [0.717, 1.165) is 18.2 Å². The lowest BCUT2D eigenvalue weighted by atomic mass is 10.1. The first-order chi connectivity index (χ1) is 14.7. The second kappa shape index (κ2) is 9.04. The molecule has 0 radical (unpaired) electrons. The van der Waals surface area contributed by atoms with E-state index in [1.165, 1.54) is 18.2 Å². The minimum Gasteiger partial charge on any atom is -0.507 e. The highest BCUT2D eigenvalue weighted by Crippen LogP contribution is 2.23. The van der Waals surface area contributed by atoms with E-state index in [1.54, 1.807) is 18.2 Å². The van der Waals surface area contributed by atoms with Crippen molar-refractivity contribution in [1.82, 2.24) is 5.32 Å². The zero-order valence-electron chi connectivity index (χ0n) is 16.0. The number of benzene rings is 3. The first-order valence-corrected chi connectivity index (χ1v) is 9.00. The predicted octanol–water partition coefficient (Wildman–Crippen LogP) is 2.95. The van der Waals surface area contributed by atoms with Crippen molar-refractivity contribution in [3.05, 3.63) is 94.6 Å². The molecule has 7 nitrogen and oxygen atoms in total. The minimum atomic E-state index is -0.901. The molecule has 0 saturated heterocycles. The molecule has 0 aromatic heterocycles. The average molecular weight is 425 g/mol. The van der Waals surface area contributed by atoms with Gasteiger partial charge < -0.3 is 21.5 Å². The highest BCUT2D eigenvalue weighted by Gasteiger charge is 2.14. The van der Waals surface area contributed by atoms with Crippen LogP contribution in [0.25, 0.3) is 0 Å². The monoisotopic (exact) mass is 425 g/mol. The molecule has 3 rings (SSSR count). The Labute approximate surface area is 175 Å². The fourth-order valence-corrected chi connectivity index (χ4v) is 2.80. The molecule has 0 bridgehead atoms. The van der Waals surface area contributed by atoms with Gasteiger partial charge in [-0.25, -0.2) is 8.78 Å². The number of aromatic hydroxyl groups is 1. The fourth-order valence-electron chi connectivity index (χ4n) is 2.80. The van der Waals surface area contributed by atoms with Crippen LogP contribution in [0.2, 0.25) is 0 Å². The van der Waals surface area contributed by atoms with Gasteiger partial charge in [0.05, 0.1) is 5.56 Å². The number of hydrogen-bond donors (Lipinski definition) is 4. The van der Waals surface area contributed by atoms with Gasteiger partial charge in [-0.05, 0) is 42.0 Å². The third-order valence-corrected chi connectivity index (χ3v) is 4.29. The van der Waals surface area contributed by atoms with Crippen LogP contribution in [0.1, 0.15) is 36.6 Å². The van der Waals surface area contributed by atoms with Gasteiger partial charge in [0.25, 0.3) is 11.8 Å². The van der Waals surface area contributed by atoms with E-state index in [9.17, 15) is 28.3 Å². The van der Waals surface area contributed by atoms with E-state index < -0.39 is 35.1 Å². The number of halogens is 2. The SMILES string of the molecule is NC(=O)c1cccc(CNC(=O)c2ccc(NC(=O)c3cc(F)cc(F)c3)cc2O)c1. The predicted molar refractivity (Wildman–Crippen MR) is 109 cm³/mol. The molecule has 0 atom stereocenters. The zero-order valence-corrected chi connectivity index (χ0v) is 16.0. The van der Waals surface area contributed by atoms with Crippen LogP contribution >= 0.6 is 0 Å². The van der Waals surface area contributed by atoms with E-state index in [4.69, 9.17) is 5.73 Å². The van der Waals surface area contributed by atoms with Gasteiger partial charge >= 0.3 is 0 Å². The minimum absolute atomic E-state index is 0.0548. The summed E-state index contributed by atoms with van der Waals surface area (Å²) in [5.41, 5.74) is 5.99. The van der Waals surface area contributed by atoms with Gasteiger partial charge in [0.2, 0.25) is 5.91 Å². The number of phenolic OH excluding ortho intramolecular Hbond substituents is 1. The molecule has 0 saturated carbocycles. The lowest BCUT2D eigenvalue weighted by Gasteiger charge is -2.10. The average Bonchev–Trinajstić information content (AvgIpc) is 2.71. The quantitative estimate of drug-likeness (QED) is 0.485. The molecule has 0 spiro atoms. The Hall–Kier alpha value is -4.27. The van der Waals surface area contributed by atoms with Gasteiger partial charge in [-0.1, -0.05) is 12.1 Å². The summed E-state index contributed by atoms with van der Waals surface area (Å²) >= 11 is 0. The molecule has 0 heterocycles. The summed E-state index contributed by atoms with van der Waals surface area (Å²) in [6.07, 6.45) is 0. The summed E-state index contributed by atoms with van der Waals surface area (Å²) in [5, 5.41) is 15.1. The number of nitrogens with one attached hydrogen (secondary N) is 2. The number of carbonyl (C=O) groups excluding carboxylic acids is 3. The molecule has 0 aliphatic carbocycles. The van der Waals surface area contributed by atoms with E-state index in [-0.39, 0.29) is 23.4 Å². The van der Waals surface area contributed by atoms with Crippen LogP contribution in [-0.4, -0.2) is 22.8 Å². The summed E-state index contributed by atoms with van der Waals surface area (Å²) in [5.74, 6) is -4.19. The third kappa shape index (κ3) is 5.41. The second-order valence-corrected chi connectivity index (χ2v) is 6.59. The molecule has 3 amide bonds. The van der Waals surface area contributed by atoms with Crippen molar-refractivity contribution in [2.75, 3.05) is 5.32 Å². The normalized spacial score (nSPS) is 10.4. The Morgan fingerprint density at radius 2 is 1.58 bits per heavy atom. The van der Waals surface area contributed by atoms with Gasteiger partial charge in [-0.2, -0.15) is 0 Å². The number of primary amides is 1. The summed E-state index contributed by atoms with van der Waals surface area (Å²) in [7, 11) is 0. The molecule has 9 heteroatoms. The van der Waals surface area contributed by atoms with Crippen molar-refractivity contribution in [3.8, 4) is 5.75 Å². The van der Waals surface area contributed by atoms with E-state index in [0.29, 0.717) is 17.2 Å². The summed E-state index contributed by atoms with van der Waals surface area (Å²) < 4.78 is 26.5. The first-order valence-electron chi connectivity index (χ1n) is 9.00. The maximum atomic E-state index is 13.3. The number of anilines is 1. The Morgan fingerprint density at radius 1 is 0.871 bits per heavy atom. The van der Waals surface area contributed by atoms with Gasteiger partial charge in [-0.3, -0.25) is 14.4 Å². The maximum Gasteiger partial charge on any atom is 0.255 e. The smallest absolute Gasteiger partial charge is 0.255 e. The van der Waals surface area contributed by atoms with E-state index in [2.05, 4.69) is 10.6 Å². The molecular weight excluding hydrogens is 408 g/mol. The highest BCUT2D eigenvalue weighted by atomic mass is 19.1. The largest absolute Gasteiger partial charge is 0.507 e. The number of rotatable bonds is 6. The summed E-state index contributed by atoms with van der Waals surface area (Å²) in [6, 6.07) is 12.6. The third-order valence-electron chi connectivity index (χ3n) is 4.29. The molecule has 3 aromatic rings. The van der Waals surface area contributed by atoms with Crippen LogP contribution in [0.5, 0.6) is 5.75 Å². The van der Waals surface area contributed by atoms with Crippen LogP contribution in [-0.2, 0) is 6.54 Å². The number of hydrogen-bond acceptors (Lipinski definition) is 4. The highest BCUT2D eigenvalue weighted by molar-refractivity contribution is 6.05. The van der Waals surface area contributed by atoms with Crippen LogP contribution < -0.4 is 16.4 Å². The van der Waals surface area contributed by atoms with Crippen molar-refractivity contribution in [2.24, 2.45) is 5.73 Å². The van der Waals surface area contributed by atoms with Crippen LogP contribution in [0, 0.1) is 11.6 Å². The van der Waals surface area contributed by atoms with E-state index >= 15 is 0 Å². The molecule has 3 aromatic carbocycles. The van der Waals surface area contributed by atoms with Crippen molar-refractivity contribution < 1.29 is 28.3 Å². The summed E-state index contributed by atoms with van der Waals surface area (Å²) in [4.78, 5) is 35.7. The second-order valence-electron chi connectivity index (χ2n) is 6.59. The van der Waals surface area contributed by atoms with Crippen molar-refractivity contribution >= 4 is 23.4 Å². The number of nitrogens with two attached hydrogens (primary N) is 1. The molecular formula is C22H17F2N3O4. The molecule has 31 heavy (non-hydrogen) atoms. The first kappa shape index (κ1) is 21.4. The number of phenols is 1. The lowest BCUT2D eigenvalue weighted by molar-refractivity contribution is 0.0947. The Balaban J connectivity index is 1.67. The molecule has 5 N–H and O–H groups in total. The Bertz CT molecular complexity index is 1160. The van der Waals surface area contributed by atoms with Crippen molar-refractivity contribution in [1.29, 1.82) is 0 Å². The lowest BCUT2D eigenvalue weighted by Crippen LogP contribution is -2.23. The van der Waals surface area contributed by atoms with Crippen LogP contribution in [0.15, 0.2) is 60.7 Å². The Morgan fingerprint density at radius 3 is 2.23 bits per heavy atom. The topological polar surface area (TPSA) is 122 Å². The summed E-state index contributed by atoms with van der Waals surface area (Å²) in [6.45, 7) is 0.0863. The van der Waals surface area contributed by atoms with Crippen LogP contribution in [0.3, 0.4) is 0 Å². The van der Waals surface area contributed by atoms with E-state index in [1.807, 2.05) is 0 Å². The molecule has 0 unspecified atom stereocenters. The van der Waals surface area contributed by atoms with Crippen molar-refractivity contribution in [2.45, 2.75) is 6.54 Å². The standard InChI is InChI=1S/C22H17F2N3O4/c23-15-7-14(8-16(24)9-15)21(30)27-17-4-5-18(19(28)10-17)22(31)26-11-12-2-1-3-13(6-12)20(25)29/h1-10,28H,11H2,(H2,25,29)(H,26,31)(H,27,30).